The molecule has 0 aliphatic carbocycles. The summed E-state index contributed by atoms with van der Waals surface area (Å²) in [6.45, 7) is 2.96. The van der Waals surface area contributed by atoms with Crippen molar-refractivity contribution in [1.82, 2.24) is 9.62 Å². The summed E-state index contributed by atoms with van der Waals surface area (Å²) in [5.74, 6) is 0.636. The minimum Gasteiger partial charge on any atom is -0.481 e. The van der Waals surface area contributed by atoms with E-state index in [9.17, 15) is 13.2 Å². The first-order valence-corrected chi connectivity index (χ1v) is 11.4. The molecule has 1 aliphatic rings. The molecule has 6 nitrogen and oxygen atoms in total. The van der Waals surface area contributed by atoms with Gasteiger partial charge in [-0.2, -0.15) is 0 Å². The van der Waals surface area contributed by atoms with Gasteiger partial charge in [0.2, 0.25) is 10.0 Å². The molecule has 0 unspecified atom stereocenters. The second-order valence-electron chi connectivity index (χ2n) is 6.48. The summed E-state index contributed by atoms with van der Waals surface area (Å²) in [5.41, 5.74) is 0. The molecule has 1 aromatic heterocycles. The van der Waals surface area contributed by atoms with E-state index in [4.69, 9.17) is 4.74 Å². The van der Waals surface area contributed by atoms with Crippen molar-refractivity contribution >= 4 is 27.3 Å². The van der Waals surface area contributed by atoms with E-state index in [0.29, 0.717) is 42.3 Å². The number of para-hydroxylation sites is 1. The van der Waals surface area contributed by atoms with Gasteiger partial charge >= 0.3 is 0 Å². The van der Waals surface area contributed by atoms with Gasteiger partial charge in [-0.05, 0) is 42.8 Å². The molecule has 1 aromatic carbocycles. The monoisotopic (exact) mass is 408 g/mol. The number of amides is 1. The molecule has 3 rings (SSSR count). The number of carbonyl (C=O) groups is 1. The summed E-state index contributed by atoms with van der Waals surface area (Å²) < 4.78 is 33.6. The first kappa shape index (κ1) is 19.9. The fraction of sp³-hybridized carbons (Fsp3) is 0.421. The topological polar surface area (TPSA) is 75.7 Å². The van der Waals surface area contributed by atoms with E-state index in [1.54, 1.807) is 22.4 Å². The number of rotatable bonds is 7. The molecule has 0 saturated carbocycles. The maximum absolute atomic E-state index is 12.8. The minimum atomic E-state index is -3.48. The fourth-order valence-corrected chi connectivity index (χ4v) is 5.40. The summed E-state index contributed by atoms with van der Waals surface area (Å²) >= 11 is 1.20. The highest BCUT2D eigenvalue weighted by atomic mass is 32.2. The molecule has 1 saturated heterocycles. The van der Waals surface area contributed by atoms with Gasteiger partial charge in [-0.3, -0.25) is 4.79 Å². The van der Waals surface area contributed by atoms with E-state index in [0.717, 1.165) is 0 Å². The molecule has 2 heterocycles. The first-order chi connectivity index (χ1) is 13.0. The van der Waals surface area contributed by atoms with E-state index < -0.39 is 16.1 Å². The number of hydrogen-bond acceptors (Lipinski definition) is 5. The van der Waals surface area contributed by atoms with E-state index in [1.165, 1.54) is 11.3 Å². The van der Waals surface area contributed by atoms with Crippen molar-refractivity contribution in [3.05, 3.63) is 47.8 Å². The predicted molar refractivity (Wildman–Crippen MR) is 105 cm³/mol. The van der Waals surface area contributed by atoms with Gasteiger partial charge in [-0.15, -0.1) is 11.3 Å². The second kappa shape index (κ2) is 8.86. The number of ether oxygens (including phenoxy) is 1. The molecule has 1 fully saturated rings. The van der Waals surface area contributed by atoms with Crippen LogP contribution in [-0.4, -0.2) is 44.5 Å². The smallest absolute Gasteiger partial charge is 0.263 e. The molecule has 1 atom stereocenters. The quantitative estimate of drug-likeness (QED) is 0.764. The summed E-state index contributed by atoms with van der Waals surface area (Å²) in [5, 5.41) is 1.74. The molecular weight excluding hydrogens is 384 g/mol. The molecule has 27 heavy (non-hydrogen) atoms. The standard InChI is InChI=1S/C19H24N2O4S2/c1-2-17(25-16-7-4-3-5-8-16)19(22)21-12-10-15(11-13-21)20-27(23,24)18-9-6-14-26-18/h3-9,14-15,17,20H,2,10-13H2,1H3/t17-/m0/s1. The largest absolute Gasteiger partial charge is 0.481 e. The summed E-state index contributed by atoms with van der Waals surface area (Å²) in [4.78, 5) is 14.5. The van der Waals surface area contributed by atoms with Crippen LogP contribution in [0.2, 0.25) is 0 Å². The van der Waals surface area contributed by atoms with Gasteiger partial charge in [0, 0.05) is 19.1 Å². The minimum absolute atomic E-state index is 0.0408. The van der Waals surface area contributed by atoms with Crippen LogP contribution in [0.3, 0.4) is 0 Å². The Morgan fingerprint density at radius 1 is 1.22 bits per heavy atom. The molecule has 8 heteroatoms. The van der Waals surface area contributed by atoms with E-state index in [2.05, 4.69) is 4.72 Å². The Kier molecular flexibility index (Phi) is 6.51. The highest BCUT2D eigenvalue weighted by Gasteiger charge is 2.30. The van der Waals surface area contributed by atoms with Crippen LogP contribution in [0.5, 0.6) is 5.75 Å². The first-order valence-electron chi connectivity index (χ1n) is 9.06. The van der Waals surface area contributed by atoms with Crippen LogP contribution < -0.4 is 9.46 Å². The van der Waals surface area contributed by atoms with Gasteiger partial charge in [-0.25, -0.2) is 13.1 Å². The van der Waals surface area contributed by atoms with E-state index >= 15 is 0 Å². The highest BCUT2D eigenvalue weighted by Crippen LogP contribution is 2.20. The molecule has 1 aliphatic heterocycles. The number of nitrogens with zero attached hydrogens (tertiary/aromatic N) is 1. The lowest BCUT2D eigenvalue weighted by molar-refractivity contribution is -0.140. The third kappa shape index (κ3) is 5.09. The lowest BCUT2D eigenvalue weighted by Gasteiger charge is -2.34. The van der Waals surface area contributed by atoms with Crippen molar-refractivity contribution < 1.29 is 17.9 Å². The van der Waals surface area contributed by atoms with Crippen LogP contribution in [0.15, 0.2) is 52.1 Å². The number of sulfonamides is 1. The Morgan fingerprint density at radius 2 is 1.93 bits per heavy atom. The SMILES string of the molecule is CC[C@H](Oc1ccccc1)C(=O)N1CCC(NS(=O)(=O)c2cccs2)CC1. The molecule has 0 radical (unpaired) electrons. The second-order valence-corrected chi connectivity index (χ2v) is 9.37. The van der Waals surface area contributed by atoms with Crippen LogP contribution >= 0.6 is 11.3 Å². The van der Waals surface area contributed by atoms with Crippen LogP contribution in [0.4, 0.5) is 0 Å². The molecule has 2 aromatic rings. The van der Waals surface area contributed by atoms with Crippen LogP contribution in [0, 0.1) is 0 Å². The van der Waals surface area contributed by atoms with Gasteiger partial charge in [-0.1, -0.05) is 31.2 Å². The van der Waals surface area contributed by atoms with Gasteiger partial charge in [0.1, 0.15) is 9.96 Å². The number of carbonyl (C=O) groups excluding carboxylic acids is 1. The average Bonchev–Trinajstić information content (AvgIpc) is 3.23. The Bertz CT molecular complexity index is 830. The lowest BCUT2D eigenvalue weighted by Crippen LogP contribution is -2.50. The highest BCUT2D eigenvalue weighted by molar-refractivity contribution is 7.91. The molecule has 146 valence electrons. The van der Waals surface area contributed by atoms with Crippen molar-refractivity contribution in [3.8, 4) is 5.75 Å². The Morgan fingerprint density at radius 3 is 2.52 bits per heavy atom. The third-order valence-corrected chi connectivity index (χ3v) is 7.47. The summed E-state index contributed by atoms with van der Waals surface area (Å²) in [7, 11) is -3.48. The number of benzene rings is 1. The van der Waals surface area contributed by atoms with Gasteiger partial charge < -0.3 is 9.64 Å². The summed E-state index contributed by atoms with van der Waals surface area (Å²) in [6, 6.07) is 12.5. The molecule has 0 bridgehead atoms. The molecular formula is C19H24N2O4S2. The zero-order valence-electron chi connectivity index (χ0n) is 15.2. The van der Waals surface area contributed by atoms with Crippen molar-refractivity contribution in [2.75, 3.05) is 13.1 Å². The van der Waals surface area contributed by atoms with Crippen LogP contribution in [0.25, 0.3) is 0 Å². The van der Waals surface area contributed by atoms with Crippen LogP contribution in [-0.2, 0) is 14.8 Å². The maximum Gasteiger partial charge on any atom is 0.263 e. The van der Waals surface area contributed by atoms with Crippen LogP contribution in [0.1, 0.15) is 26.2 Å². The Labute approximate surface area is 164 Å². The zero-order valence-corrected chi connectivity index (χ0v) is 16.8. The van der Waals surface area contributed by atoms with Gasteiger partial charge in [0.15, 0.2) is 6.10 Å². The van der Waals surface area contributed by atoms with Gasteiger partial charge in [0.05, 0.1) is 0 Å². The Balaban J connectivity index is 1.54. The fourth-order valence-electron chi connectivity index (χ4n) is 3.09. The normalized spacial score (nSPS) is 16.9. The molecule has 0 spiro atoms. The van der Waals surface area contributed by atoms with Crippen molar-refractivity contribution in [2.45, 2.75) is 42.5 Å². The Hall–Kier alpha value is -1.90. The molecule has 1 amide bonds. The van der Waals surface area contributed by atoms with E-state index in [-0.39, 0.29) is 11.9 Å². The maximum atomic E-state index is 12.8. The predicted octanol–water partition coefficient (Wildman–Crippen LogP) is 2.88. The molecule has 1 N–H and O–H groups in total. The number of piperidine rings is 1. The lowest BCUT2D eigenvalue weighted by atomic mass is 10.1. The third-order valence-electron chi connectivity index (χ3n) is 4.56. The van der Waals surface area contributed by atoms with Crippen molar-refractivity contribution in [2.24, 2.45) is 0 Å². The average molecular weight is 409 g/mol. The van der Waals surface area contributed by atoms with E-state index in [1.807, 2.05) is 37.3 Å². The van der Waals surface area contributed by atoms with Gasteiger partial charge in [0.25, 0.3) is 5.91 Å². The number of likely N-dealkylation sites (tertiary alicyclic amines) is 1. The zero-order chi connectivity index (χ0) is 19.3. The number of hydrogen-bond donors (Lipinski definition) is 1. The van der Waals surface area contributed by atoms with Crippen molar-refractivity contribution in [1.29, 1.82) is 0 Å². The summed E-state index contributed by atoms with van der Waals surface area (Å²) in [6.07, 6.45) is 1.25. The number of nitrogens with one attached hydrogen (secondary N) is 1. The van der Waals surface area contributed by atoms with Crippen molar-refractivity contribution in [3.63, 3.8) is 0 Å². The number of thiophene rings is 1.